The number of hydrogen-bond donors (Lipinski definition) is 1. The van der Waals surface area contributed by atoms with E-state index >= 15 is 0 Å². The molecule has 2 fully saturated rings. The van der Waals surface area contributed by atoms with Crippen LogP contribution in [0.25, 0.3) is 0 Å². The fraction of sp³-hybridized carbons (Fsp3) is 0.533. The highest BCUT2D eigenvalue weighted by Crippen LogP contribution is 2.28. The van der Waals surface area contributed by atoms with E-state index in [0.717, 1.165) is 5.56 Å². The minimum Gasteiger partial charge on any atom is -0.378 e. The van der Waals surface area contributed by atoms with Crippen LogP contribution in [-0.2, 0) is 14.3 Å². The van der Waals surface area contributed by atoms with Crippen molar-refractivity contribution in [3.05, 3.63) is 34.9 Å². The number of benzene rings is 1. The predicted octanol–water partition coefficient (Wildman–Crippen LogP) is 1.23. The van der Waals surface area contributed by atoms with Crippen LogP contribution in [-0.4, -0.2) is 56.3 Å². The Labute approximate surface area is 129 Å². The van der Waals surface area contributed by atoms with Crippen LogP contribution in [0.15, 0.2) is 24.3 Å². The van der Waals surface area contributed by atoms with Crippen LogP contribution in [0, 0.1) is 0 Å². The van der Waals surface area contributed by atoms with Gasteiger partial charge in [-0.25, -0.2) is 0 Å². The summed E-state index contributed by atoms with van der Waals surface area (Å²) in [4.78, 5) is 14.3. The number of morpholine rings is 2. The second-order valence-electron chi connectivity index (χ2n) is 5.25. The molecule has 1 N–H and O–H groups in total. The molecule has 2 atom stereocenters. The van der Waals surface area contributed by atoms with Gasteiger partial charge in [-0.1, -0.05) is 29.8 Å². The Morgan fingerprint density at radius 2 is 2.19 bits per heavy atom. The van der Waals surface area contributed by atoms with Gasteiger partial charge in [-0.2, -0.15) is 0 Å². The molecule has 0 aromatic heterocycles. The van der Waals surface area contributed by atoms with Crippen molar-refractivity contribution < 1.29 is 14.3 Å². The second kappa shape index (κ2) is 6.75. The lowest BCUT2D eigenvalue weighted by Gasteiger charge is -2.36. The van der Waals surface area contributed by atoms with Gasteiger partial charge in [0.05, 0.1) is 26.4 Å². The molecule has 0 radical (unpaired) electrons. The molecule has 2 aliphatic heterocycles. The maximum atomic E-state index is 12.5. The average Bonchev–Trinajstić information content (AvgIpc) is 2.55. The van der Waals surface area contributed by atoms with Crippen molar-refractivity contribution >= 4 is 17.5 Å². The van der Waals surface area contributed by atoms with Crippen molar-refractivity contribution in [1.82, 2.24) is 10.2 Å². The number of carbonyl (C=O) groups excluding carboxylic acids is 1. The second-order valence-corrected chi connectivity index (χ2v) is 5.65. The first-order valence-corrected chi connectivity index (χ1v) is 7.59. The number of nitrogens with zero attached hydrogens (tertiary/aromatic N) is 1. The van der Waals surface area contributed by atoms with Crippen molar-refractivity contribution in [2.24, 2.45) is 0 Å². The molecule has 3 rings (SSSR count). The molecule has 1 amide bonds. The van der Waals surface area contributed by atoms with Crippen LogP contribution in [0.5, 0.6) is 0 Å². The summed E-state index contributed by atoms with van der Waals surface area (Å²) in [6.45, 7) is 3.48. The van der Waals surface area contributed by atoms with Crippen LogP contribution in [0.1, 0.15) is 11.7 Å². The quantitative estimate of drug-likeness (QED) is 0.892. The van der Waals surface area contributed by atoms with Crippen LogP contribution >= 0.6 is 11.6 Å². The zero-order valence-corrected chi connectivity index (χ0v) is 12.5. The van der Waals surface area contributed by atoms with Crippen molar-refractivity contribution in [2.75, 3.05) is 39.5 Å². The van der Waals surface area contributed by atoms with E-state index in [-0.39, 0.29) is 18.1 Å². The fourth-order valence-corrected chi connectivity index (χ4v) is 2.98. The molecule has 5 nitrogen and oxygen atoms in total. The van der Waals surface area contributed by atoms with E-state index in [1.54, 1.807) is 0 Å². The van der Waals surface area contributed by atoms with E-state index in [9.17, 15) is 4.79 Å². The summed E-state index contributed by atoms with van der Waals surface area (Å²) in [6, 6.07) is 7.37. The molecule has 0 aliphatic carbocycles. The number of amides is 1. The van der Waals surface area contributed by atoms with E-state index in [4.69, 9.17) is 21.1 Å². The molecule has 2 aliphatic rings. The first kappa shape index (κ1) is 14.8. The molecular formula is C15H19ClN2O3. The van der Waals surface area contributed by atoms with Crippen molar-refractivity contribution in [1.29, 1.82) is 0 Å². The third-order valence-electron chi connectivity index (χ3n) is 3.85. The smallest absolute Gasteiger partial charge is 0.242 e. The Balaban J connectivity index is 1.68. The highest BCUT2D eigenvalue weighted by Gasteiger charge is 2.31. The molecular weight excluding hydrogens is 292 g/mol. The summed E-state index contributed by atoms with van der Waals surface area (Å²) in [5, 5.41) is 3.88. The topological polar surface area (TPSA) is 50.8 Å². The maximum absolute atomic E-state index is 12.5. The van der Waals surface area contributed by atoms with Gasteiger partial charge in [0.25, 0.3) is 0 Å². The monoisotopic (exact) mass is 310 g/mol. The third-order valence-corrected chi connectivity index (χ3v) is 4.19. The highest BCUT2D eigenvalue weighted by molar-refractivity contribution is 6.31. The molecule has 2 saturated heterocycles. The summed E-state index contributed by atoms with van der Waals surface area (Å²) < 4.78 is 11.1. The number of halogens is 1. The van der Waals surface area contributed by atoms with Gasteiger partial charge in [-0.15, -0.1) is 0 Å². The molecule has 2 heterocycles. The maximum Gasteiger partial charge on any atom is 0.242 e. The summed E-state index contributed by atoms with van der Waals surface area (Å²) in [6.07, 6.45) is -0.166. The largest absolute Gasteiger partial charge is 0.378 e. The molecule has 114 valence electrons. The van der Waals surface area contributed by atoms with E-state index in [2.05, 4.69) is 5.32 Å². The number of carbonyl (C=O) groups is 1. The van der Waals surface area contributed by atoms with Gasteiger partial charge in [0.1, 0.15) is 12.1 Å². The Bertz CT molecular complexity index is 505. The van der Waals surface area contributed by atoms with Crippen LogP contribution in [0.2, 0.25) is 5.02 Å². The zero-order valence-electron chi connectivity index (χ0n) is 11.8. The standard InChI is InChI=1S/C15H19ClN2O3/c16-12-4-2-1-3-11(12)14-9-18(6-8-21-14)15(19)13-10-20-7-5-17-13/h1-4,13-14,17H,5-10H2/t13-,14+/m0/s1. The molecule has 0 bridgehead atoms. The van der Waals surface area contributed by atoms with Crippen LogP contribution in [0.3, 0.4) is 0 Å². The third kappa shape index (κ3) is 3.37. The minimum atomic E-state index is -0.247. The van der Waals surface area contributed by atoms with E-state index in [0.29, 0.717) is 44.5 Å². The number of nitrogens with one attached hydrogen (secondary N) is 1. The molecule has 1 aromatic carbocycles. The lowest BCUT2D eigenvalue weighted by Crippen LogP contribution is -2.55. The van der Waals surface area contributed by atoms with E-state index in [1.807, 2.05) is 29.2 Å². The average molecular weight is 311 g/mol. The lowest BCUT2D eigenvalue weighted by atomic mass is 10.1. The molecule has 1 aromatic rings. The fourth-order valence-electron chi connectivity index (χ4n) is 2.72. The Hall–Kier alpha value is -1.14. The molecule has 0 unspecified atom stereocenters. The molecule has 21 heavy (non-hydrogen) atoms. The van der Waals surface area contributed by atoms with E-state index < -0.39 is 0 Å². The Morgan fingerprint density at radius 3 is 2.95 bits per heavy atom. The number of rotatable bonds is 2. The van der Waals surface area contributed by atoms with Crippen molar-refractivity contribution in [3.8, 4) is 0 Å². The first-order chi connectivity index (χ1) is 10.3. The normalized spacial score (nSPS) is 26.6. The number of hydrogen-bond acceptors (Lipinski definition) is 4. The van der Waals surface area contributed by atoms with Gasteiger partial charge in [-0.3, -0.25) is 4.79 Å². The van der Waals surface area contributed by atoms with Gasteiger partial charge in [0.15, 0.2) is 0 Å². The summed E-state index contributed by atoms with van der Waals surface area (Å²) >= 11 is 6.22. The van der Waals surface area contributed by atoms with Crippen LogP contribution < -0.4 is 5.32 Å². The van der Waals surface area contributed by atoms with E-state index in [1.165, 1.54) is 0 Å². The predicted molar refractivity (Wildman–Crippen MR) is 79.3 cm³/mol. The summed E-state index contributed by atoms with van der Waals surface area (Å²) in [5.74, 6) is 0.0788. The summed E-state index contributed by atoms with van der Waals surface area (Å²) in [5.41, 5.74) is 0.935. The minimum absolute atomic E-state index is 0.0788. The van der Waals surface area contributed by atoms with Gasteiger partial charge < -0.3 is 19.7 Å². The SMILES string of the molecule is O=C([C@@H]1COCCN1)N1CCO[C@@H](c2ccccc2Cl)C1. The van der Waals surface area contributed by atoms with Gasteiger partial charge >= 0.3 is 0 Å². The summed E-state index contributed by atoms with van der Waals surface area (Å²) in [7, 11) is 0. The number of ether oxygens (including phenoxy) is 2. The molecule has 6 heteroatoms. The van der Waals surface area contributed by atoms with Gasteiger partial charge in [0.2, 0.25) is 5.91 Å². The first-order valence-electron chi connectivity index (χ1n) is 7.21. The van der Waals surface area contributed by atoms with Gasteiger partial charge in [-0.05, 0) is 6.07 Å². The Morgan fingerprint density at radius 1 is 1.33 bits per heavy atom. The Kier molecular flexibility index (Phi) is 4.75. The zero-order chi connectivity index (χ0) is 14.7. The van der Waals surface area contributed by atoms with Crippen LogP contribution in [0.4, 0.5) is 0 Å². The molecule has 0 saturated carbocycles. The van der Waals surface area contributed by atoms with Gasteiger partial charge in [0, 0.05) is 23.7 Å². The van der Waals surface area contributed by atoms with Crippen molar-refractivity contribution in [3.63, 3.8) is 0 Å². The highest BCUT2D eigenvalue weighted by atomic mass is 35.5. The van der Waals surface area contributed by atoms with Crippen molar-refractivity contribution in [2.45, 2.75) is 12.1 Å². The molecule has 0 spiro atoms. The lowest BCUT2D eigenvalue weighted by molar-refractivity contribution is -0.144.